The van der Waals surface area contributed by atoms with Crippen LogP contribution in [-0.4, -0.2) is 25.3 Å². The fourth-order valence-electron chi connectivity index (χ4n) is 0.516. The molecular weight excluding hydrogens is 112 g/mol. The Balaban J connectivity index is 3.04. The molecule has 0 radical (unpaired) electrons. The molecule has 0 aromatic rings. The van der Waals surface area contributed by atoms with E-state index < -0.39 is 0 Å². The Kier molecular flexibility index (Phi) is 5.27. The van der Waals surface area contributed by atoms with Crippen molar-refractivity contribution in [3.8, 4) is 0 Å². The van der Waals surface area contributed by atoms with Gasteiger partial charge in [0.15, 0.2) is 0 Å². The van der Waals surface area contributed by atoms with Gasteiger partial charge in [0, 0.05) is 20.3 Å². The van der Waals surface area contributed by atoms with Gasteiger partial charge in [0.25, 0.3) is 0 Å². The van der Waals surface area contributed by atoms with Gasteiger partial charge in [-0.3, -0.25) is 0 Å². The highest BCUT2D eigenvalue weighted by Crippen LogP contribution is 1.89. The van der Waals surface area contributed by atoms with E-state index in [-0.39, 0.29) is 0 Å². The Bertz CT molecular complexity index is 77.0. The van der Waals surface area contributed by atoms with Crippen LogP contribution >= 0.6 is 0 Å². The van der Waals surface area contributed by atoms with Crippen molar-refractivity contribution in [2.45, 2.75) is 26.2 Å². The molecule has 0 atom stereocenters. The number of hydrogen-bond acceptors (Lipinski definition) is 2. The first kappa shape index (κ1) is 8.47. The normalized spacial score (nSPS) is 10.6. The van der Waals surface area contributed by atoms with Crippen LogP contribution in [0.25, 0.3) is 0 Å². The van der Waals surface area contributed by atoms with Crippen molar-refractivity contribution in [3.05, 3.63) is 0 Å². The second-order valence-electron chi connectivity index (χ2n) is 2.29. The highest BCUT2D eigenvalue weighted by Gasteiger charge is 1.78. The molecule has 9 heavy (non-hydrogen) atoms. The zero-order valence-corrected chi connectivity index (χ0v) is 6.59. The Hall–Kier alpha value is -0.530. The van der Waals surface area contributed by atoms with Crippen LogP contribution in [-0.2, 0) is 0 Å². The van der Waals surface area contributed by atoms with Crippen LogP contribution in [0.15, 0.2) is 5.10 Å². The Labute approximate surface area is 57.6 Å². The summed E-state index contributed by atoms with van der Waals surface area (Å²) in [5.41, 5.74) is 0. The van der Waals surface area contributed by atoms with Crippen molar-refractivity contribution in [1.82, 2.24) is 5.01 Å². The summed E-state index contributed by atoms with van der Waals surface area (Å²) < 4.78 is 0. The molecule has 0 aromatic carbocycles. The maximum Gasteiger partial charge on any atom is 0.0244 e. The average molecular weight is 128 g/mol. The van der Waals surface area contributed by atoms with Crippen LogP contribution in [0, 0.1) is 0 Å². The summed E-state index contributed by atoms with van der Waals surface area (Å²) in [5.74, 6) is 0. The molecule has 0 rings (SSSR count). The van der Waals surface area contributed by atoms with Crippen LogP contribution in [0.5, 0.6) is 0 Å². The second-order valence-corrected chi connectivity index (χ2v) is 2.29. The van der Waals surface area contributed by atoms with Crippen LogP contribution in [0.3, 0.4) is 0 Å². The summed E-state index contributed by atoms with van der Waals surface area (Å²) in [6.07, 6.45) is 5.56. The Morgan fingerprint density at radius 1 is 1.44 bits per heavy atom. The first-order valence-electron chi connectivity index (χ1n) is 3.47. The zero-order valence-electron chi connectivity index (χ0n) is 6.59. The van der Waals surface area contributed by atoms with E-state index in [9.17, 15) is 0 Å². The highest BCUT2D eigenvalue weighted by atomic mass is 15.4. The molecule has 0 spiro atoms. The number of hydrogen-bond donors (Lipinski definition) is 0. The number of nitrogens with zero attached hydrogens (tertiary/aromatic N) is 2. The Morgan fingerprint density at radius 3 is 2.56 bits per heavy atom. The van der Waals surface area contributed by atoms with Crippen molar-refractivity contribution < 1.29 is 0 Å². The van der Waals surface area contributed by atoms with Gasteiger partial charge in [-0.15, -0.1) is 0 Å². The molecule has 0 saturated heterocycles. The first-order chi connectivity index (χ1) is 4.27. The topological polar surface area (TPSA) is 15.6 Å². The molecule has 0 aliphatic carbocycles. The molecule has 0 fully saturated rings. The zero-order chi connectivity index (χ0) is 7.11. The molecule has 0 unspecified atom stereocenters. The minimum Gasteiger partial charge on any atom is -0.303 e. The predicted molar refractivity (Wildman–Crippen MR) is 41.7 cm³/mol. The SMILES string of the molecule is CCCC/C=N/N(C)C. The summed E-state index contributed by atoms with van der Waals surface area (Å²) in [5, 5.41) is 5.89. The van der Waals surface area contributed by atoms with E-state index in [2.05, 4.69) is 12.0 Å². The van der Waals surface area contributed by atoms with Gasteiger partial charge >= 0.3 is 0 Å². The third kappa shape index (κ3) is 7.47. The van der Waals surface area contributed by atoms with Gasteiger partial charge in [0.2, 0.25) is 0 Å². The molecule has 0 aliphatic heterocycles. The van der Waals surface area contributed by atoms with E-state index in [0.29, 0.717) is 0 Å². The molecule has 0 N–H and O–H groups in total. The number of rotatable bonds is 4. The largest absolute Gasteiger partial charge is 0.303 e. The molecule has 0 bridgehead atoms. The maximum atomic E-state index is 4.07. The predicted octanol–water partition coefficient (Wildman–Crippen LogP) is 1.72. The van der Waals surface area contributed by atoms with Crippen molar-refractivity contribution in [1.29, 1.82) is 0 Å². The van der Waals surface area contributed by atoms with Gasteiger partial charge < -0.3 is 5.01 Å². The maximum absolute atomic E-state index is 4.07. The van der Waals surface area contributed by atoms with Gasteiger partial charge in [-0.2, -0.15) is 5.10 Å². The molecule has 0 amide bonds. The summed E-state index contributed by atoms with van der Waals surface area (Å²) >= 11 is 0. The van der Waals surface area contributed by atoms with Crippen LogP contribution < -0.4 is 0 Å². The Morgan fingerprint density at radius 2 is 2.11 bits per heavy atom. The van der Waals surface area contributed by atoms with Crippen LogP contribution in [0.4, 0.5) is 0 Å². The molecule has 2 nitrogen and oxygen atoms in total. The molecule has 0 heterocycles. The fraction of sp³-hybridized carbons (Fsp3) is 0.857. The standard InChI is InChI=1S/C7H16N2/c1-4-5-6-7-8-9(2)3/h7H,4-6H2,1-3H3/b8-7+. The molecular formula is C7H16N2. The summed E-state index contributed by atoms with van der Waals surface area (Å²) in [4.78, 5) is 0. The summed E-state index contributed by atoms with van der Waals surface area (Å²) in [6, 6.07) is 0. The lowest BCUT2D eigenvalue weighted by Gasteiger charge is -2.00. The lowest BCUT2D eigenvalue weighted by Crippen LogP contribution is -2.01. The average Bonchev–Trinajstić information content (AvgIpc) is 1.80. The van der Waals surface area contributed by atoms with Gasteiger partial charge in [-0.05, 0) is 12.8 Å². The van der Waals surface area contributed by atoms with E-state index in [0.717, 1.165) is 6.42 Å². The monoisotopic (exact) mass is 128 g/mol. The lowest BCUT2D eigenvalue weighted by atomic mass is 10.3. The van der Waals surface area contributed by atoms with Crippen molar-refractivity contribution >= 4 is 6.21 Å². The van der Waals surface area contributed by atoms with Gasteiger partial charge in [-0.1, -0.05) is 13.3 Å². The molecule has 0 aliphatic rings. The molecule has 54 valence electrons. The van der Waals surface area contributed by atoms with Crippen LogP contribution in [0.2, 0.25) is 0 Å². The van der Waals surface area contributed by atoms with E-state index in [1.807, 2.05) is 25.3 Å². The smallest absolute Gasteiger partial charge is 0.0244 e. The third-order valence-corrected chi connectivity index (χ3v) is 0.999. The van der Waals surface area contributed by atoms with Crippen molar-refractivity contribution in [3.63, 3.8) is 0 Å². The van der Waals surface area contributed by atoms with Gasteiger partial charge in [0.05, 0.1) is 0 Å². The van der Waals surface area contributed by atoms with Crippen molar-refractivity contribution in [2.24, 2.45) is 5.10 Å². The molecule has 0 saturated carbocycles. The second kappa shape index (κ2) is 5.60. The van der Waals surface area contributed by atoms with Crippen LogP contribution in [0.1, 0.15) is 26.2 Å². The molecule has 0 aromatic heterocycles. The van der Waals surface area contributed by atoms with Crippen molar-refractivity contribution in [2.75, 3.05) is 14.1 Å². The summed E-state index contributed by atoms with van der Waals surface area (Å²) in [7, 11) is 3.87. The van der Waals surface area contributed by atoms with Gasteiger partial charge in [0.1, 0.15) is 0 Å². The lowest BCUT2D eigenvalue weighted by molar-refractivity contribution is 0.438. The first-order valence-corrected chi connectivity index (χ1v) is 3.47. The minimum atomic E-state index is 1.11. The van der Waals surface area contributed by atoms with E-state index in [1.54, 1.807) is 0 Å². The highest BCUT2D eigenvalue weighted by molar-refractivity contribution is 5.56. The fourth-order valence-corrected chi connectivity index (χ4v) is 0.516. The van der Waals surface area contributed by atoms with Gasteiger partial charge in [-0.25, -0.2) is 0 Å². The summed E-state index contributed by atoms with van der Waals surface area (Å²) in [6.45, 7) is 2.18. The third-order valence-electron chi connectivity index (χ3n) is 0.999. The number of unbranched alkanes of at least 4 members (excludes halogenated alkanes) is 2. The quantitative estimate of drug-likeness (QED) is 0.320. The minimum absolute atomic E-state index is 1.11. The number of hydrazone groups is 1. The van der Waals surface area contributed by atoms with E-state index in [1.165, 1.54) is 12.8 Å². The van der Waals surface area contributed by atoms with E-state index in [4.69, 9.17) is 0 Å². The van der Waals surface area contributed by atoms with E-state index >= 15 is 0 Å². The molecule has 2 heteroatoms.